The molecule has 1 unspecified atom stereocenters. The zero-order valence-corrected chi connectivity index (χ0v) is 6.26. The van der Waals surface area contributed by atoms with Crippen LogP contribution in [0.1, 0.15) is 6.92 Å². The Balaban J connectivity index is 3.28. The number of ether oxygens (including phenoxy) is 1. The van der Waals surface area contributed by atoms with Gasteiger partial charge >= 0.3 is 0 Å². The highest BCUT2D eigenvalue weighted by Gasteiger charge is 2.21. The van der Waals surface area contributed by atoms with E-state index in [0.717, 1.165) is 6.92 Å². The molecule has 0 saturated heterocycles. The summed E-state index contributed by atoms with van der Waals surface area (Å²) >= 11 is 0. The lowest BCUT2D eigenvalue weighted by Gasteiger charge is -2.12. The van der Waals surface area contributed by atoms with Gasteiger partial charge in [0.25, 0.3) is 5.92 Å². The Morgan fingerprint density at radius 1 is 1.55 bits per heavy atom. The van der Waals surface area contributed by atoms with Gasteiger partial charge in [0.05, 0.1) is 13.2 Å². The first-order valence-corrected chi connectivity index (χ1v) is 3.20. The number of alkyl halides is 2. The van der Waals surface area contributed by atoms with Crippen molar-refractivity contribution >= 4 is 0 Å². The Hall–Kier alpha value is -0.260. The molecule has 0 aliphatic carbocycles. The first kappa shape index (κ1) is 10.7. The van der Waals surface area contributed by atoms with Crippen molar-refractivity contribution in [2.24, 2.45) is 0 Å². The largest absolute Gasteiger partial charge is 0.394 e. The molecule has 0 spiro atoms. The van der Waals surface area contributed by atoms with Crippen LogP contribution in [0.3, 0.4) is 0 Å². The Morgan fingerprint density at radius 2 is 2.09 bits per heavy atom. The standard InChI is InChI=1S/C6H12F2O3/c1-6(7,8)4-11-3-5(10)2-9/h5,9-10H,2-4H2,1H3. The summed E-state index contributed by atoms with van der Waals surface area (Å²) in [7, 11) is 0. The van der Waals surface area contributed by atoms with Crippen LogP contribution in [0.2, 0.25) is 0 Å². The van der Waals surface area contributed by atoms with E-state index in [9.17, 15) is 8.78 Å². The molecule has 3 nitrogen and oxygen atoms in total. The Kier molecular flexibility index (Phi) is 4.48. The van der Waals surface area contributed by atoms with Gasteiger partial charge in [-0.15, -0.1) is 0 Å². The summed E-state index contributed by atoms with van der Waals surface area (Å²) in [6.45, 7) is -0.752. The summed E-state index contributed by atoms with van der Waals surface area (Å²) in [6, 6.07) is 0. The van der Waals surface area contributed by atoms with Crippen molar-refractivity contribution in [3.63, 3.8) is 0 Å². The molecule has 2 N–H and O–H groups in total. The van der Waals surface area contributed by atoms with Crippen LogP contribution in [0.4, 0.5) is 8.78 Å². The fourth-order valence-corrected chi connectivity index (χ4v) is 0.427. The molecule has 0 bridgehead atoms. The number of halogens is 2. The van der Waals surface area contributed by atoms with E-state index < -0.39 is 25.2 Å². The molecule has 11 heavy (non-hydrogen) atoms. The van der Waals surface area contributed by atoms with Gasteiger partial charge in [-0.2, -0.15) is 0 Å². The highest BCUT2D eigenvalue weighted by Crippen LogP contribution is 2.11. The number of aliphatic hydroxyl groups excluding tert-OH is 2. The summed E-state index contributed by atoms with van der Waals surface area (Å²) < 4.78 is 28.4. The average Bonchev–Trinajstić information content (AvgIpc) is 1.85. The predicted octanol–water partition coefficient (Wildman–Crippen LogP) is 0.0114. The molecular weight excluding hydrogens is 158 g/mol. The van der Waals surface area contributed by atoms with Crippen molar-refractivity contribution in [1.29, 1.82) is 0 Å². The summed E-state index contributed by atoms with van der Waals surface area (Å²) in [4.78, 5) is 0. The topological polar surface area (TPSA) is 49.7 Å². The van der Waals surface area contributed by atoms with Gasteiger partial charge in [0.15, 0.2) is 0 Å². The van der Waals surface area contributed by atoms with Crippen LogP contribution in [0.25, 0.3) is 0 Å². The van der Waals surface area contributed by atoms with Gasteiger partial charge in [-0.05, 0) is 0 Å². The highest BCUT2D eigenvalue weighted by molar-refractivity contribution is 4.56. The third-order valence-electron chi connectivity index (χ3n) is 0.876. The van der Waals surface area contributed by atoms with E-state index in [1.165, 1.54) is 0 Å². The van der Waals surface area contributed by atoms with Crippen LogP contribution in [0.5, 0.6) is 0 Å². The molecule has 0 fully saturated rings. The molecule has 0 aromatic rings. The first-order valence-electron chi connectivity index (χ1n) is 3.20. The van der Waals surface area contributed by atoms with Crippen LogP contribution in [0, 0.1) is 0 Å². The highest BCUT2D eigenvalue weighted by atomic mass is 19.3. The summed E-state index contributed by atoms with van der Waals surface area (Å²) in [6.07, 6.45) is -1.07. The minimum Gasteiger partial charge on any atom is -0.394 e. The monoisotopic (exact) mass is 170 g/mol. The minimum atomic E-state index is -2.88. The van der Waals surface area contributed by atoms with E-state index >= 15 is 0 Å². The van der Waals surface area contributed by atoms with E-state index in [1.54, 1.807) is 0 Å². The second kappa shape index (κ2) is 4.58. The summed E-state index contributed by atoms with van der Waals surface area (Å²) in [5.74, 6) is -2.88. The van der Waals surface area contributed by atoms with Crippen molar-refractivity contribution in [3.05, 3.63) is 0 Å². The molecule has 0 aromatic heterocycles. The lowest BCUT2D eigenvalue weighted by molar-refractivity contribution is -0.0843. The van der Waals surface area contributed by atoms with Crippen molar-refractivity contribution in [1.82, 2.24) is 0 Å². The number of hydrogen-bond acceptors (Lipinski definition) is 3. The first-order chi connectivity index (χ1) is 4.95. The van der Waals surface area contributed by atoms with Gasteiger partial charge < -0.3 is 14.9 Å². The van der Waals surface area contributed by atoms with E-state index in [0.29, 0.717) is 0 Å². The van der Waals surface area contributed by atoms with Crippen LogP contribution in [-0.2, 0) is 4.74 Å². The number of rotatable bonds is 5. The molecule has 0 rings (SSSR count). The quantitative estimate of drug-likeness (QED) is 0.611. The fourth-order valence-electron chi connectivity index (χ4n) is 0.427. The molecule has 0 heterocycles. The Labute approximate surface area is 63.6 Å². The molecule has 0 amide bonds. The Bertz CT molecular complexity index is 102. The van der Waals surface area contributed by atoms with Crippen molar-refractivity contribution in [2.75, 3.05) is 19.8 Å². The molecule has 68 valence electrons. The Morgan fingerprint density at radius 3 is 2.45 bits per heavy atom. The molecule has 0 radical (unpaired) electrons. The van der Waals surface area contributed by atoms with Gasteiger partial charge in [0, 0.05) is 6.92 Å². The number of aliphatic hydroxyl groups is 2. The van der Waals surface area contributed by atoms with Crippen molar-refractivity contribution in [2.45, 2.75) is 19.0 Å². The average molecular weight is 170 g/mol. The SMILES string of the molecule is CC(F)(F)COCC(O)CO. The van der Waals surface area contributed by atoms with Crippen molar-refractivity contribution < 1.29 is 23.7 Å². The van der Waals surface area contributed by atoms with Gasteiger partial charge in [0.2, 0.25) is 0 Å². The zero-order chi connectivity index (χ0) is 8.91. The van der Waals surface area contributed by atoms with E-state index in [1.807, 2.05) is 0 Å². The van der Waals surface area contributed by atoms with Gasteiger partial charge in [-0.3, -0.25) is 0 Å². The van der Waals surface area contributed by atoms with Crippen molar-refractivity contribution in [3.8, 4) is 0 Å². The maximum atomic E-state index is 12.0. The second-order valence-electron chi connectivity index (χ2n) is 2.42. The maximum absolute atomic E-state index is 12.0. The molecule has 0 aliphatic rings. The van der Waals surface area contributed by atoms with E-state index in [-0.39, 0.29) is 6.61 Å². The third-order valence-corrected chi connectivity index (χ3v) is 0.876. The van der Waals surface area contributed by atoms with Crippen LogP contribution in [0.15, 0.2) is 0 Å². The molecule has 0 saturated carbocycles. The number of hydrogen-bond donors (Lipinski definition) is 2. The van der Waals surface area contributed by atoms with E-state index in [2.05, 4.69) is 4.74 Å². The normalized spacial score (nSPS) is 15.0. The van der Waals surface area contributed by atoms with Gasteiger partial charge in [-0.25, -0.2) is 8.78 Å². The van der Waals surface area contributed by atoms with Gasteiger partial charge in [0.1, 0.15) is 12.7 Å². The second-order valence-corrected chi connectivity index (χ2v) is 2.42. The molecule has 0 aliphatic heterocycles. The lowest BCUT2D eigenvalue weighted by atomic mass is 10.4. The smallest absolute Gasteiger partial charge is 0.268 e. The van der Waals surface area contributed by atoms with Crippen LogP contribution in [-0.4, -0.2) is 42.1 Å². The third kappa shape index (κ3) is 7.64. The molecule has 1 atom stereocenters. The maximum Gasteiger partial charge on any atom is 0.268 e. The van der Waals surface area contributed by atoms with Crippen LogP contribution < -0.4 is 0 Å². The van der Waals surface area contributed by atoms with E-state index in [4.69, 9.17) is 10.2 Å². The zero-order valence-electron chi connectivity index (χ0n) is 6.26. The van der Waals surface area contributed by atoms with Crippen LogP contribution >= 0.6 is 0 Å². The summed E-state index contributed by atoms with van der Waals surface area (Å²) in [5, 5.41) is 16.9. The van der Waals surface area contributed by atoms with Gasteiger partial charge in [-0.1, -0.05) is 0 Å². The molecule has 5 heteroatoms. The lowest BCUT2D eigenvalue weighted by Crippen LogP contribution is -2.25. The molecular formula is C6H12F2O3. The fraction of sp³-hybridized carbons (Fsp3) is 1.00. The molecule has 0 aromatic carbocycles. The minimum absolute atomic E-state index is 0.264. The summed E-state index contributed by atoms with van der Waals surface area (Å²) in [5.41, 5.74) is 0. The predicted molar refractivity (Wildman–Crippen MR) is 34.5 cm³/mol.